The van der Waals surface area contributed by atoms with Crippen molar-refractivity contribution in [1.29, 1.82) is 0 Å². The molecule has 14 heavy (non-hydrogen) atoms. The molecule has 0 amide bonds. The van der Waals surface area contributed by atoms with Crippen LogP contribution in [0, 0.1) is 6.92 Å². The standard InChI is InChI=1S/C9H7Br2NOS/c1-5-2-7(14-9(5)11)8-6(3-10)12-4-13-8/h2,4H,3H2,1H3. The number of hydrogen-bond donors (Lipinski definition) is 0. The largest absolute Gasteiger partial charge is 0.442 e. The van der Waals surface area contributed by atoms with Gasteiger partial charge in [0, 0.05) is 5.33 Å². The van der Waals surface area contributed by atoms with Gasteiger partial charge in [-0.05, 0) is 34.5 Å². The molecule has 74 valence electrons. The Morgan fingerprint density at radius 1 is 1.57 bits per heavy atom. The normalized spacial score (nSPS) is 10.8. The van der Waals surface area contributed by atoms with Crippen molar-refractivity contribution in [3.8, 4) is 10.6 Å². The summed E-state index contributed by atoms with van der Waals surface area (Å²) in [5, 5.41) is 0.716. The van der Waals surface area contributed by atoms with Crippen molar-refractivity contribution in [3.63, 3.8) is 0 Å². The molecule has 2 heterocycles. The number of thiophene rings is 1. The molecule has 2 aromatic heterocycles. The van der Waals surface area contributed by atoms with E-state index in [-0.39, 0.29) is 0 Å². The van der Waals surface area contributed by atoms with Gasteiger partial charge in [0.1, 0.15) is 0 Å². The lowest BCUT2D eigenvalue weighted by atomic mass is 10.3. The van der Waals surface area contributed by atoms with Gasteiger partial charge in [0.2, 0.25) is 0 Å². The van der Waals surface area contributed by atoms with Gasteiger partial charge in [0.15, 0.2) is 12.2 Å². The molecular formula is C9H7Br2NOS. The van der Waals surface area contributed by atoms with Crippen molar-refractivity contribution in [2.75, 3.05) is 0 Å². The molecular weight excluding hydrogens is 330 g/mol. The zero-order valence-electron chi connectivity index (χ0n) is 7.38. The second-order valence-corrected chi connectivity index (χ2v) is 5.76. The summed E-state index contributed by atoms with van der Waals surface area (Å²) in [4.78, 5) is 5.24. The fraction of sp³-hybridized carbons (Fsp3) is 0.222. The van der Waals surface area contributed by atoms with E-state index in [9.17, 15) is 0 Å². The molecule has 0 bridgehead atoms. The maximum Gasteiger partial charge on any atom is 0.181 e. The molecule has 0 fully saturated rings. The van der Waals surface area contributed by atoms with E-state index in [0.29, 0.717) is 5.33 Å². The Balaban J connectivity index is 2.49. The van der Waals surface area contributed by atoms with Gasteiger partial charge in [0.25, 0.3) is 0 Å². The Bertz CT molecular complexity index is 430. The Morgan fingerprint density at radius 2 is 2.36 bits per heavy atom. The van der Waals surface area contributed by atoms with Crippen LogP contribution < -0.4 is 0 Å². The Kier molecular flexibility index (Phi) is 3.09. The van der Waals surface area contributed by atoms with E-state index in [4.69, 9.17) is 4.42 Å². The van der Waals surface area contributed by atoms with E-state index in [1.807, 2.05) is 0 Å². The molecule has 5 heteroatoms. The van der Waals surface area contributed by atoms with Crippen molar-refractivity contribution in [1.82, 2.24) is 4.98 Å². The van der Waals surface area contributed by atoms with Crippen LogP contribution in [0.1, 0.15) is 11.3 Å². The van der Waals surface area contributed by atoms with Crippen molar-refractivity contribution in [2.24, 2.45) is 0 Å². The monoisotopic (exact) mass is 335 g/mol. The zero-order chi connectivity index (χ0) is 10.1. The third kappa shape index (κ3) is 1.81. The van der Waals surface area contributed by atoms with Crippen LogP contribution in [-0.2, 0) is 5.33 Å². The van der Waals surface area contributed by atoms with Crippen molar-refractivity contribution in [3.05, 3.63) is 27.5 Å². The van der Waals surface area contributed by atoms with E-state index in [2.05, 4.69) is 49.8 Å². The van der Waals surface area contributed by atoms with E-state index < -0.39 is 0 Å². The summed E-state index contributed by atoms with van der Waals surface area (Å²) >= 11 is 8.54. The molecule has 2 rings (SSSR count). The highest BCUT2D eigenvalue weighted by atomic mass is 79.9. The number of halogens is 2. The van der Waals surface area contributed by atoms with Crippen LogP contribution in [0.15, 0.2) is 20.7 Å². The minimum atomic E-state index is 0.716. The molecule has 2 nitrogen and oxygen atoms in total. The first-order chi connectivity index (χ1) is 6.72. The van der Waals surface area contributed by atoms with Gasteiger partial charge in [-0.3, -0.25) is 0 Å². The van der Waals surface area contributed by atoms with Gasteiger partial charge in [-0.1, -0.05) is 15.9 Å². The summed E-state index contributed by atoms with van der Waals surface area (Å²) in [7, 11) is 0. The molecule has 0 atom stereocenters. The van der Waals surface area contributed by atoms with Gasteiger partial charge < -0.3 is 4.42 Å². The maximum absolute atomic E-state index is 5.36. The smallest absolute Gasteiger partial charge is 0.181 e. The summed E-state index contributed by atoms with van der Waals surface area (Å²) in [6, 6.07) is 2.10. The maximum atomic E-state index is 5.36. The molecule has 0 N–H and O–H groups in total. The third-order valence-electron chi connectivity index (χ3n) is 1.85. The van der Waals surface area contributed by atoms with E-state index >= 15 is 0 Å². The summed E-state index contributed by atoms with van der Waals surface area (Å²) in [6.45, 7) is 2.06. The number of aryl methyl sites for hydroxylation is 1. The predicted molar refractivity (Wildman–Crippen MR) is 64.9 cm³/mol. The summed E-state index contributed by atoms with van der Waals surface area (Å²) in [5.74, 6) is 0.862. The van der Waals surface area contributed by atoms with Gasteiger partial charge in [-0.2, -0.15) is 0 Å². The zero-order valence-corrected chi connectivity index (χ0v) is 11.4. The highest BCUT2D eigenvalue weighted by Gasteiger charge is 2.13. The second-order valence-electron chi connectivity index (χ2n) is 2.83. The average Bonchev–Trinajstić information content (AvgIpc) is 2.73. The van der Waals surface area contributed by atoms with Crippen LogP contribution >= 0.6 is 43.2 Å². The number of alkyl halides is 1. The predicted octanol–water partition coefficient (Wildman–Crippen LogP) is 4.37. The fourth-order valence-corrected chi connectivity index (χ4v) is 3.08. The highest BCUT2D eigenvalue weighted by molar-refractivity contribution is 9.11. The number of oxazole rings is 1. The first kappa shape index (κ1) is 10.4. The molecule has 2 aromatic rings. The topological polar surface area (TPSA) is 26.0 Å². The minimum absolute atomic E-state index is 0.716. The highest BCUT2D eigenvalue weighted by Crippen LogP contribution is 2.36. The average molecular weight is 337 g/mol. The Labute approximate surface area is 103 Å². The number of hydrogen-bond acceptors (Lipinski definition) is 3. The first-order valence-electron chi connectivity index (χ1n) is 3.97. The van der Waals surface area contributed by atoms with Crippen LogP contribution in [0.4, 0.5) is 0 Å². The summed E-state index contributed by atoms with van der Waals surface area (Å²) in [6.07, 6.45) is 1.48. The first-order valence-corrected chi connectivity index (χ1v) is 6.70. The van der Waals surface area contributed by atoms with Crippen LogP contribution in [0.25, 0.3) is 10.6 Å². The second kappa shape index (κ2) is 4.16. The van der Waals surface area contributed by atoms with Crippen molar-refractivity contribution >= 4 is 43.2 Å². The van der Waals surface area contributed by atoms with E-state index in [0.717, 1.165) is 20.1 Å². The third-order valence-corrected chi connectivity index (χ3v) is 4.52. The van der Waals surface area contributed by atoms with Crippen LogP contribution in [-0.4, -0.2) is 4.98 Å². The van der Waals surface area contributed by atoms with Crippen molar-refractivity contribution < 1.29 is 4.42 Å². The molecule has 0 radical (unpaired) electrons. The lowest BCUT2D eigenvalue weighted by Crippen LogP contribution is -1.78. The molecule has 0 spiro atoms. The Morgan fingerprint density at radius 3 is 2.93 bits per heavy atom. The number of aromatic nitrogens is 1. The van der Waals surface area contributed by atoms with Crippen molar-refractivity contribution in [2.45, 2.75) is 12.3 Å². The minimum Gasteiger partial charge on any atom is -0.442 e. The van der Waals surface area contributed by atoms with E-state index in [1.165, 1.54) is 12.0 Å². The summed E-state index contributed by atoms with van der Waals surface area (Å²) < 4.78 is 6.50. The fourth-order valence-electron chi connectivity index (χ4n) is 1.14. The summed E-state index contributed by atoms with van der Waals surface area (Å²) in [5.41, 5.74) is 2.17. The van der Waals surface area contributed by atoms with Gasteiger partial charge in [-0.25, -0.2) is 4.98 Å². The Hall–Kier alpha value is -0.130. The lowest BCUT2D eigenvalue weighted by Gasteiger charge is -1.91. The quantitative estimate of drug-likeness (QED) is 0.761. The molecule has 0 unspecified atom stereocenters. The molecule has 0 aromatic carbocycles. The van der Waals surface area contributed by atoms with Gasteiger partial charge in [0.05, 0.1) is 14.4 Å². The molecule has 0 aliphatic rings. The number of rotatable bonds is 2. The van der Waals surface area contributed by atoms with Gasteiger partial charge >= 0.3 is 0 Å². The van der Waals surface area contributed by atoms with Crippen LogP contribution in [0.3, 0.4) is 0 Å². The molecule has 0 aliphatic heterocycles. The number of nitrogens with zero attached hydrogens (tertiary/aromatic N) is 1. The SMILES string of the molecule is Cc1cc(-c2ocnc2CBr)sc1Br. The van der Waals surface area contributed by atoms with E-state index in [1.54, 1.807) is 11.3 Å². The van der Waals surface area contributed by atoms with Gasteiger partial charge in [-0.15, -0.1) is 11.3 Å². The van der Waals surface area contributed by atoms with Crippen LogP contribution in [0.5, 0.6) is 0 Å². The van der Waals surface area contributed by atoms with Crippen LogP contribution in [0.2, 0.25) is 0 Å². The lowest BCUT2D eigenvalue weighted by molar-refractivity contribution is 0.572. The molecule has 0 aliphatic carbocycles. The molecule has 0 saturated carbocycles. The molecule has 0 saturated heterocycles.